The molecule has 28 heavy (non-hydrogen) atoms. The molecule has 3 aromatic rings. The molecule has 1 aromatic heterocycles. The van der Waals surface area contributed by atoms with E-state index in [-0.39, 0.29) is 5.91 Å². The van der Waals surface area contributed by atoms with Crippen LogP contribution in [0.25, 0.3) is 0 Å². The minimum Gasteiger partial charge on any atom is -0.492 e. The van der Waals surface area contributed by atoms with Crippen molar-refractivity contribution in [3.8, 4) is 5.75 Å². The van der Waals surface area contributed by atoms with Gasteiger partial charge in [0.05, 0.1) is 18.0 Å². The van der Waals surface area contributed by atoms with E-state index in [4.69, 9.17) is 4.74 Å². The van der Waals surface area contributed by atoms with Gasteiger partial charge in [0.25, 0.3) is 0 Å². The fourth-order valence-corrected chi connectivity index (χ4v) is 4.17. The molecule has 1 heterocycles. The van der Waals surface area contributed by atoms with Gasteiger partial charge in [-0.15, -0.1) is 10.2 Å². The number of ether oxygens (including phenoxy) is 1. The first-order valence-corrected chi connectivity index (χ1v) is 10.7. The number of hydrogen-bond acceptors (Lipinski definition) is 7. The zero-order valence-corrected chi connectivity index (χ0v) is 17.4. The van der Waals surface area contributed by atoms with Gasteiger partial charge in [-0.05, 0) is 24.6 Å². The Kier molecular flexibility index (Phi) is 7.27. The van der Waals surface area contributed by atoms with E-state index in [2.05, 4.69) is 15.5 Å². The maximum atomic E-state index is 12.4. The quantitative estimate of drug-likeness (QED) is 0.523. The molecule has 146 valence electrons. The lowest BCUT2D eigenvalue weighted by Gasteiger charge is -2.16. The normalized spacial score (nSPS) is 10.5. The fourth-order valence-electron chi connectivity index (χ4n) is 2.46. The highest BCUT2D eigenvalue weighted by molar-refractivity contribution is 8.01. The van der Waals surface area contributed by atoms with Crippen molar-refractivity contribution < 1.29 is 9.53 Å². The van der Waals surface area contributed by atoms with Crippen LogP contribution in [0.2, 0.25) is 0 Å². The Morgan fingerprint density at radius 2 is 1.89 bits per heavy atom. The molecule has 0 saturated heterocycles. The molecule has 0 radical (unpaired) electrons. The van der Waals surface area contributed by atoms with Crippen molar-refractivity contribution in [3.63, 3.8) is 0 Å². The molecule has 8 heteroatoms. The van der Waals surface area contributed by atoms with Gasteiger partial charge in [0, 0.05) is 13.6 Å². The SMILES string of the molecule is CCOc1ccccc1Nc1nnc(SCC(=O)N(C)Cc2ccccc2)s1. The van der Waals surface area contributed by atoms with Crippen molar-refractivity contribution >= 4 is 39.8 Å². The number of rotatable bonds is 9. The first-order valence-electron chi connectivity index (χ1n) is 8.88. The van der Waals surface area contributed by atoms with Crippen LogP contribution in [-0.2, 0) is 11.3 Å². The molecular formula is C20H22N4O2S2. The van der Waals surface area contributed by atoms with Gasteiger partial charge < -0.3 is 15.0 Å². The van der Waals surface area contributed by atoms with Crippen molar-refractivity contribution in [1.82, 2.24) is 15.1 Å². The second-order valence-electron chi connectivity index (χ2n) is 5.95. The molecule has 2 aromatic carbocycles. The van der Waals surface area contributed by atoms with Gasteiger partial charge in [-0.1, -0.05) is 65.6 Å². The average Bonchev–Trinajstić information content (AvgIpc) is 3.16. The molecule has 3 rings (SSSR count). The topological polar surface area (TPSA) is 67.3 Å². The number of nitrogens with zero attached hydrogens (tertiary/aromatic N) is 3. The summed E-state index contributed by atoms with van der Waals surface area (Å²) >= 11 is 2.81. The highest BCUT2D eigenvalue weighted by Gasteiger charge is 2.13. The monoisotopic (exact) mass is 414 g/mol. The number of aromatic nitrogens is 2. The highest BCUT2D eigenvalue weighted by atomic mass is 32.2. The number of carbonyl (C=O) groups excluding carboxylic acids is 1. The van der Waals surface area contributed by atoms with E-state index in [0.717, 1.165) is 21.3 Å². The predicted molar refractivity (Wildman–Crippen MR) is 114 cm³/mol. The Bertz CT molecular complexity index is 902. The number of hydrogen-bond donors (Lipinski definition) is 1. The van der Waals surface area contributed by atoms with Crippen LogP contribution in [0.5, 0.6) is 5.75 Å². The molecule has 1 N–H and O–H groups in total. The highest BCUT2D eigenvalue weighted by Crippen LogP contribution is 2.31. The number of benzene rings is 2. The van der Waals surface area contributed by atoms with Crippen molar-refractivity contribution in [2.24, 2.45) is 0 Å². The minimum absolute atomic E-state index is 0.0558. The summed E-state index contributed by atoms with van der Waals surface area (Å²) in [7, 11) is 1.81. The number of nitrogens with one attached hydrogen (secondary N) is 1. The van der Waals surface area contributed by atoms with E-state index in [0.29, 0.717) is 24.0 Å². The summed E-state index contributed by atoms with van der Waals surface area (Å²) in [5, 5.41) is 12.2. The third-order valence-corrected chi connectivity index (χ3v) is 5.80. The largest absolute Gasteiger partial charge is 0.492 e. The second-order valence-corrected chi connectivity index (χ2v) is 8.15. The van der Waals surface area contributed by atoms with Crippen LogP contribution in [0.3, 0.4) is 0 Å². The number of carbonyl (C=O) groups is 1. The third-order valence-electron chi connectivity index (χ3n) is 3.84. The number of thioether (sulfide) groups is 1. The van der Waals surface area contributed by atoms with Crippen molar-refractivity contribution in [1.29, 1.82) is 0 Å². The molecule has 0 saturated carbocycles. The standard InChI is InChI=1S/C20H22N4O2S2/c1-3-26-17-12-8-7-11-16(17)21-19-22-23-20(28-19)27-14-18(25)24(2)13-15-9-5-4-6-10-15/h4-12H,3,13-14H2,1-2H3,(H,21,22). The Morgan fingerprint density at radius 3 is 2.68 bits per heavy atom. The summed E-state index contributed by atoms with van der Waals surface area (Å²) in [6, 6.07) is 17.6. The van der Waals surface area contributed by atoms with Gasteiger partial charge in [-0.25, -0.2) is 0 Å². The van der Waals surface area contributed by atoms with E-state index in [9.17, 15) is 4.79 Å². The van der Waals surface area contributed by atoms with E-state index < -0.39 is 0 Å². The van der Waals surface area contributed by atoms with Crippen molar-refractivity contribution in [2.75, 3.05) is 24.7 Å². The van der Waals surface area contributed by atoms with E-state index in [1.54, 1.807) is 4.90 Å². The van der Waals surface area contributed by atoms with Crippen LogP contribution < -0.4 is 10.1 Å². The van der Waals surface area contributed by atoms with Crippen LogP contribution in [0.15, 0.2) is 58.9 Å². The zero-order chi connectivity index (χ0) is 19.8. The van der Waals surface area contributed by atoms with E-state index >= 15 is 0 Å². The van der Waals surface area contributed by atoms with Gasteiger partial charge >= 0.3 is 0 Å². The fraction of sp³-hybridized carbons (Fsp3) is 0.250. The van der Waals surface area contributed by atoms with Crippen LogP contribution in [0.4, 0.5) is 10.8 Å². The van der Waals surface area contributed by atoms with Gasteiger partial charge in [-0.3, -0.25) is 4.79 Å². The van der Waals surface area contributed by atoms with Crippen LogP contribution >= 0.6 is 23.1 Å². The maximum absolute atomic E-state index is 12.4. The smallest absolute Gasteiger partial charge is 0.233 e. The van der Waals surface area contributed by atoms with Crippen LogP contribution in [0.1, 0.15) is 12.5 Å². The molecule has 0 unspecified atom stereocenters. The number of amides is 1. The van der Waals surface area contributed by atoms with Gasteiger partial charge in [0.1, 0.15) is 5.75 Å². The molecule has 6 nitrogen and oxygen atoms in total. The third kappa shape index (κ3) is 5.71. The minimum atomic E-state index is 0.0558. The summed E-state index contributed by atoms with van der Waals surface area (Å²) in [5.41, 5.74) is 1.95. The summed E-state index contributed by atoms with van der Waals surface area (Å²) < 4.78 is 6.36. The Balaban J connectivity index is 1.53. The molecule has 0 aliphatic heterocycles. The summed E-state index contributed by atoms with van der Waals surface area (Å²) in [6.07, 6.45) is 0. The summed E-state index contributed by atoms with van der Waals surface area (Å²) in [4.78, 5) is 14.1. The lowest BCUT2D eigenvalue weighted by atomic mass is 10.2. The second kappa shape index (κ2) is 10.1. The van der Waals surface area contributed by atoms with Crippen molar-refractivity contribution in [3.05, 3.63) is 60.2 Å². The molecule has 0 bridgehead atoms. The molecular weight excluding hydrogens is 392 g/mol. The molecule has 0 aliphatic carbocycles. The average molecular weight is 415 g/mol. The molecule has 0 fully saturated rings. The summed E-state index contributed by atoms with van der Waals surface area (Å²) in [6.45, 7) is 3.13. The first kappa shape index (κ1) is 20.2. The summed E-state index contributed by atoms with van der Waals surface area (Å²) in [5.74, 6) is 1.15. The lowest BCUT2D eigenvalue weighted by molar-refractivity contribution is -0.127. The molecule has 0 spiro atoms. The first-order chi connectivity index (χ1) is 13.7. The van der Waals surface area contributed by atoms with E-state index in [1.807, 2.05) is 68.6 Å². The lowest BCUT2D eigenvalue weighted by Crippen LogP contribution is -2.27. The van der Waals surface area contributed by atoms with Crippen LogP contribution in [-0.4, -0.2) is 40.4 Å². The predicted octanol–water partition coefficient (Wildman–Crippen LogP) is 4.43. The molecule has 0 aliphatic rings. The van der Waals surface area contributed by atoms with Crippen LogP contribution in [0, 0.1) is 0 Å². The Morgan fingerprint density at radius 1 is 1.14 bits per heavy atom. The maximum Gasteiger partial charge on any atom is 0.233 e. The van der Waals surface area contributed by atoms with E-state index in [1.165, 1.54) is 23.1 Å². The Hall–Kier alpha value is -2.58. The molecule has 0 atom stereocenters. The Labute approximate surface area is 172 Å². The van der Waals surface area contributed by atoms with Gasteiger partial charge in [-0.2, -0.15) is 0 Å². The van der Waals surface area contributed by atoms with Gasteiger partial charge in [0.2, 0.25) is 11.0 Å². The van der Waals surface area contributed by atoms with Gasteiger partial charge in [0.15, 0.2) is 4.34 Å². The zero-order valence-electron chi connectivity index (χ0n) is 15.8. The van der Waals surface area contributed by atoms with Crippen molar-refractivity contribution in [2.45, 2.75) is 17.8 Å². The number of para-hydroxylation sites is 2. The molecule has 1 amide bonds. The number of anilines is 2.